The molecule has 4 aromatic rings. The van der Waals surface area contributed by atoms with Gasteiger partial charge in [0.15, 0.2) is 5.76 Å². The van der Waals surface area contributed by atoms with Gasteiger partial charge in [0.2, 0.25) is 0 Å². The average molecular weight is 484 g/mol. The van der Waals surface area contributed by atoms with Gasteiger partial charge in [0, 0.05) is 20.8 Å². The van der Waals surface area contributed by atoms with E-state index in [1.54, 1.807) is 19.1 Å². The summed E-state index contributed by atoms with van der Waals surface area (Å²) in [6.45, 7) is 4.00. The quantitative estimate of drug-likeness (QED) is 0.322. The third-order valence-corrected chi connectivity index (χ3v) is 5.95. The fraction of sp³-hybridized carbons (Fsp3) is 0.130. The number of nitrogens with one attached hydrogen (secondary N) is 1. The van der Waals surface area contributed by atoms with Gasteiger partial charge in [-0.25, -0.2) is 4.79 Å². The zero-order valence-electron chi connectivity index (χ0n) is 16.3. The molecule has 4 rings (SSSR count). The van der Waals surface area contributed by atoms with Gasteiger partial charge in [-0.05, 0) is 43.7 Å². The van der Waals surface area contributed by atoms with Crippen molar-refractivity contribution < 1.29 is 18.7 Å². The first-order valence-corrected chi connectivity index (χ1v) is 11.0. The molecule has 0 fully saturated rings. The Morgan fingerprint density at radius 1 is 1.13 bits per heavy atom. The highest BCUT2D eigenvalue weighted by atomic mass is 79.9. The van der Waals surface area contributed by atoms with Crippen LogP contribution in [0.15, 0.2) is 62.8 Å². The Balaban J connectivity index is 1.69. The number of benzene rings is 2. The van der Waals surface area contributed by atoms with Crippen molar-refractivity contribution in [1.82, 2.24) is 0 Å². The highest BCUT2D eigenvalue weighted by molar-refractivity contribution is 9.10. The van der Waals surface area contributed by atoms with Crippen LogP contribution in [0.3, 0.4) is 0 Å². The first-order chi connectivity index (χ1) is 14.5. The maximum Gasteiger partial charge on any atom is 0.341 e. The minimum Gasteiger partial charge on any atom is -0.462 e. The number of rotatable bonds is 5. The lowest BCUT2D eigenvalue weighted by atomic mass is 10.0. The lowest BCUT2D eigenvalue weighted by molar-refractivity contribution is 0.0529. The van der Waals surface area contributed by atoms with Gasteiger partial charge < -0.3 is 14.5 Å². The average Bonchev–Trinajstić information content (AvgIpc) is 3.32. The highest BCUT2D eigenvalue weighted by Gasteiger charge is 2.24. The number of anilines is 1. The summed E-state index contributed by atoms with van der Waals surface area (Å²) in [5, 5.41) is 5.90. The summed E-state index contributed by atoms with van der Waals surface area (Å²) >= 11 is 4.69. The van der Waals surface area contributed by atoms with Gasteiger partial charge in [0.25, 0.3) is 5.91 Å². The Labute approximate surface area is 185 Å². The second-order valence-corrected chi connectivity index (χ2v) is 8.48. The van der Waals surface area contributed by atoms with Crippen LogP contribution in [0.5, 0.6) is 0 Å². The number of ether oxygens (including phenoxy) is 1. The number of furan rings is 1. The monoisotopic (exact) mass is 483 g/mol. The molecule has 0 unspecified atom stereocenters. The van der Waals surface area contributed by atoms with E-state index in [0.717, 1.165) is 26.5 Å². The summed E-state index contributed by atoms with van der Waals surface area (Å²) in [7, 11) is 0. The standard InChI is InChI=1S/C23H18BrNO4S/c1-3-28-23(27)20-17(14-6-4-13(2)5-7-14)12-30-22(20)25-21(26)19-11-15-10-16(24)8-9-18(15)29-19/h4-12H,3H2,1-2H3,(H,25,26). The smallest absolute Gasteiger partial charge is 0.341 e. The van der Waals surface area contributed by atoms with Gasteiger partial charge >= 0.3 is 5.97 Å². The Hall–Kier alpha value is -2.90. The molecular formula is C23H18BrNO4S. The molecule has 30 heavy (non-hydrogen) atoms. The summed E-state index contributed by atoms with van der Waals surface area (Å²) in [4.78, 5) is 25.5. The van der Waals surface area contributed by atoms with Crippen LogP contribution in [0.25, 0.3) is 22.1 Å². The van der Waals surface area contributed by atoms with Gasteiger partial charge in [-0.15, -0.1) is 11.3 Å². The van der Waals surface area contributed by atoms with E-state index in [2.05, 4.69) is 21.2 Å². The minimum absolute atomic E-state index is 0.170. The molecule has 0 radical (unpaired) electrons. The molecule has 0 aliphatic rings. The molecule has 1 amide bonds. The van der Waals surface area contributed by atoms with Gasteiger partial charge in [0.1, 0.15) is 16.1 Å². The number of halogens is 1. The number of amides is 1. The molecule has 0 saturated carbocycles. The number of hydrogen-bond donors (Lipinski definition) is 1. The number of hydrogen-bond acceptors (Lipinski definition) is 5. The maximum absolute atomic E-state index is 12.8. The molecule has 7 heteroatoms. The van der Waals surface area contributed by atoms with Crippen molar-refractivity contribution in [2.75, 3.05) is 11.9 Å². The zero-order chi connectivity index (χ0) is 21.3. The zero-order valence-corrected chi connectivity index (χ0v) is 18.7. The lowest BCUT2D eigenvalue weighted by Crippen LogP contribution is -2.14. The number of carbonyl (C=O) groups is 2. The fourth-order valence-corrected chi connectivity index (χ4v) is 4.42. The van der Waals surface area contributed by atoms with Crippen molar-refractivity contribution >= 4 is 55.1 Å². The number of esters is 1. The van der Waals surface area contributed by atoms with Gasteiger partial charge in [-0.3, -0.25) is 4.79 Å². The molecule has 5 nitrogen and oxygen atoms in total. The lowest BCUT2D eigenvalue weighted by Gasteiger charge is -2.08. The number of fused-ring (bicyclic) bond motifs is 1. The molecule has 0 atom stereocenters. The predicted molar refractivity (Wildman–Crippen MR) is 122 cm³/mol. The molecule has 152 valence electrons. The summed E-state index contributed by atoms with van der Waals surface area (Å²) in [6, 6.07) is 15.0. The largest absolute Gasteiger partial charge is 0.462 e. The van der Waals surface area contributed by atoms with Crippen LogP contribution in [-0.4, -0.2) is 18.5 Å². The predicted octanol–water partition coefficient (Wildman–Crippen LogP) is 6.66. The van der Waals surface area contributed by atoms with Crippen molar-refractivity contribution in [2.45, 2.75) is 13.8 Å². The second-order valence-electron chi connectivity index (χ2n) is 6.69. The molecular weight excluding hydrogens is 466 g/mol. The van der Waals surface area contributed by atoms with E-state index in [-0.39, 0.29) is 12.4 Å². The summed E-state index contributed by atoms with van der Waals surface area (Å²) in [5.74, 6) is -0.730. The molecule has 0 aliphatic carbocycles. The molecule has 0 spiro atoms. The Bertz CT molecular complexity index is 1240. The minimum atomic E-state index is -0.474. The van der Waals surface area contributed by atoms with E-state index < -0.39 is 11.9 Å². The van der Waals surface area contributed by atoms with E-state index >= 15 is 0 Å². The van der Waals surface area contributed by atoms with Gasteiger partial charge in [-0.1, -0.05) is 45.8 Å². The van der Waals surface area contributed by atoms with E-state index in [9.17, 15) is 9.59 Å². The molecule has 2 aromatic carbocycles. The van der Waals surface area contributed by atoms with Gasteiger partial charge in [-0.2, -0.15) is 0 Å². The van der Waals surface area contributed by atoms with E-state index in [0.29, 0.717) is 16.1 Å². The number of carbonyl (C=O) groups excluding carboxylic acids is 2. The van der Waals surface area contributed by atoms with Gasteiger partial charge in [0.05, 0.1) is 6.61 Å². The first kappa shape index (κ1) is 20.4. The van der Waals surface area contributed by atoms with Crippen molar-refractivity contribution in [2.24, 2.45) is 0 Å². The SMILES string of the molecule is CCOC(=O)c1c(-c2ccc(C)cc2)csc1NC(=O)c1cc2cc(Br)ccc2o1. The molecule has 2 heterocycles. The van der Waals surface area contributed by atoms with Crippen molar-refractivity contribution in [3.8, 4) is 11.1 Å². The van der Waals surface area contributed by atoms with Crippen LogP contribution < -0.4 is 5.32 Å². The molecule has 0 bridgehead atoms. The fourth-order valence-electron chi connectivity index (χ4n) is 3.09. The summed E-state index contributed by atoms with van der Waals surface area (Å²) in [6.07, 6.45) is 0. The second kappa shape index (κ2) is 8.45. The van der Waals surface area contributed by atoms with Crippen LogP contribution in [0.2, 0.25) is 0 Å². The summed E-state index contributed by atoms with van der Waals surface area (Å²) in [5.41, 5.74) is 3.69. The molecule has 1 N–H and O–H groups in total. The van der Waals surface area contributed by atoms with Crippen LogP contribution >= 0.6 is 27.3 Å². The van der Waals surface area contributed by atoms with E-state index in [1.165, 1.54) is 11.3 Å². The Kier molecular flexibility index (Phi) is 5.74. The Morgan fingerprint density at radius 2 is 1.90 bits per heavy atom. The third kappa shape index (κ3) is 4.04. The Morgan fingerprint density at radius 3 is 2.63 bits per heavy atom. The third-order valence-electron chi connectivity index (χ3n) is 4.56. The van der Waals surface area contributed by atoms with Crippen LogP contribution in [0.4, 0.5) is 5.00 Å². The normalized spacial score (nSPS) is 10.9. The highest BCUT2D eigenvalue weighted by Crippen LogP contribution is 2.37. The van der Waals surface area contributed by atoms with Crippen molar-refractivity contribution in [3.05, 3.63) is 75.3 Å². The van der Waals surface area contributed by atoms with Crippen LogP contribution in [-0.2, 0) is 4.74 Å². The summed E-state index contributed by atoms with van der Waals surface area (Å²) < 4.78 is 11.8. The van der Waals surface area contributed by atoms with Crippen molar-refractivity contribution in [1.29, 1.82) is 0 Å². The molecule has 0 saturated heterocycles. The number of thiophene rings is 1. The number of aryl methyl sites for hydroxylation is 1. The van der Waals surface area contributed by atoms with E-state index in [1.807, 2.05) is 48.7 Å². The maximum atomic E-state index is 12.8. The topological polar surface area (TPSA) is 68.5 Å². The molecule has 2 aromatic heterocycles. The van der Waals surface area contributed by atoms with Crippen molar-refractivity contribution in [3.63, 3.8) is 0 Å². The first-order valence-electron chi connectivity index (χ1n) is 9.32. The van der Waals surface area contributed by atoms with Crippen LogP contribution in [0.1, 0.15) is 33.4 Å². The molecule has 0 aliphatic heterocycles. The van der Waals surface area contributed by atoms with E-state index in [4.69, 9.17) is 9.15 Å². The van der Waals surface area contributed by atoms with Crippen LogP contribution in [0, 0.1) is 6.92 Å².